The number of carbonyl (C=O) groups excluding carboxylic acids is 2. The highest BCUT2D eigenvalue weighted by molar-refractivity contribution is 5.93. The molecule has 4 rings (SSSR count). The van der Waals surface area contributed by atoms with E-state index >= 15 is 0 Å². The van der Waals surface area contributed by atoms with Gasteiger partial charge in [0.25, 0.3) is 5.91 Å². The first-order valence-electron chi connectivity index (χ1n) is 10.2. The number of hydrogen-bond donors (Lipinski definition) is 0. The summed E-state index contributed by atoms with van der Waals surface area (Å²) in [6.45, 7) is 4.72. The van der Waals surface area contributed by atoms with Crippen LogP contribution in [0.5, 0.6) is 0 Å². The summed E-state index contributed by atoms with van der Waals surface area (Å²) in [7, 11) is 1.81. The minimum Gasteiger partial charge on any atom is -0.381 e. The highest BCUT2D eigenvalue weighted by Gasteiger charge is 2.41. The third kappa shape index (κ3) is 3.88. The molecular formula is C20H30N4O3. The molecule has 0 radical (unpaired) electrons. The van der Waals surface area contributed by atoms with Crippen LogP contribution >= 0.6 is 0 Å². The Morgan fingerprint density at radius 3 is 2.52 bits per heavy atom. The molecule has 7 nitrogen and oxygen atoms in total. The van der Waals surface area contributed by atoms with E-state index in [1.165, 1.54) is 0 Å². The van der Waals surface area contributed by atoms with Gasteiger partial charge in [0, 0.05) is 51.4 Å². The molecule has 2 aliphatic heterocycles. The van der Waals surface area contributed by atoms with E-state index in [2.05, 4.69) is 10.00 Å². The van der Waals surface area contributed by atoms with Gasteiger partial charge in [-0.25, -0.2) is 0 Å². The van der Waals surface area contributed by atoms with Gasteiger partial charge < -0.3 is 14.5 Å². The second-order valence-electron chi connectivity index (χ2n) is 8.21. The topological polar surface area (TPSA) is 67.7 Å². The highest BCUT2D eigenvalue weighted by Crippen LogP contribution is 2.35. The molecule has 0 aromatic carbocycles. The van der Waals surface area contributed by atoms with Crippen molar-refractivity contribution in [1.29, 1.82) is 0 Å². The van der Waals surface area contributed by atoms with Crippen LogP contribution in [0.25, 0.3) is 0 Å². The molecule has 2 saturated heterocycles. The smallest absolute Gasteiger partial charge is 0.272 e. The van der Waals surface area contributed by atoms with Crippen LogP contribution in [0.1, 0.15) is 54.7 Å². The van der Waals surface area contributed by atoms with Gasteiger partial charge in [0.05, 0.1) is 5.69 Å². The molecule has 0 bridgehead atoms. The van der Waals surface area contributed by atoms with Gasteiger partial charge in [-0.3, -0.25) is 14.3 Å². The molecule has 148 valence electrons. The summed E-state index contributed by atoms with van der Waals surface area (Å²) < 4.78 is 7.17. The Balaban J connectivity index is 1.51. The number of rotatable bonds is 4. The Hall–Kier alpha value is -1.89. The Kier molecular flexibility index (Phi) is 5.21. The molecule has 1 aromatic rings. The average Bonchev–Trinajstić information content (AvgIpc) is 3.47. The van der Waals surface area contributed by atoms with Crippen LogP contribution in [0.2, 0.25) is 0 Å². The van der Waals surface area contributed by atoms with Crippen molar-refractivity contribution in [3.63, 3.8) is 0 Å². The van der Waals surface area contributed by atoms with Crippen LogP contribution in [-0.2, 0) is 16.6 Å². The first kappa shape index (κ1) is 18.5. The van der Waals surface area contributed by atoms with Gasteiger partial charge in [-0.1, -0.05) is 0 Å². The van der Waals surface area contributed by atoms with E-state index in [9.17, 15) is 9.59 Å². The van der Waals surface area contributed by atoms with E-state index in [1.807, 2.05) is 24.9 Å². The summed E-state index contributed by atoms with van der Waals surface area (Å²) in [6, 6.07) is 2.22. The minimum atomic E-state index is 0.0219. The number of likely N-dealkylation sites (tertiary alicyclic amines) is 1. The minimum absolute atomic E-state index is 0.0219. The van der Waals surface area contributed by atoms with Crippen molar-refractivity contribution in [2.45, 2.75) is 57.5 Å². The molecule has 7 heteroatoms. The van der Waals surface area contributed by atoms with Crippen molar-refractivity contribution in [1.82, 2.24) is 19.6 Å². The maximum absolute atomic E-state index is 13.1. The summed E-state index contributed by atoms with van der Waals surface area (Å²) in [5.74, 6) is 0.532. The van der Waals surface area contributed by atoms with Crippen molar-refractivity contribution in [3.8, 4) is 0 Å². The van der Waals surface area contributed by atoms with Gasteiger partial charge >= 0.3 is 0 Å². The van der Waals surface area contributed by atoms with Gasteiger partial charge in [-0.05, 0) is 51.5 Å². The standard InChI is InChI=1S/C20H30N4O3/c1-14-12-18(22(2)21-14)20(26)23-9-3-4-17(13-23)24(19(25)15-5-6-15)16-7-10-27-11-8-16/h12,15-17H,3-11,13H2,1-2H3. The zero-order valence-electron chi connectivity index (χ0n) is 16.4. The summed E-state index contributed by atoms with van der Waals surface area (Å²) >= 11 is 0. The number of nitrogens with zero attached hydrogens (tertiary/aromatic N) is 4. The molecule has 1 atom stereocenters. The number of amides is 2. The number of aryl methyl sites for hydroxylation is 2. The van der Waals surface area contributed by atoms with Crippen molar-refractivity contribution in [2.75, 3.05) is 26.3 Å². The quantitative estimate of drug-likeness (QED) is 0.805. The predicted octanol–water partition coefficient (Wildman–Crippen LogP) is 1.75. The maximum atomic E-state index is 13.1. The molecule has 3 heterocycles. The zero-order chi connectivity index (χ0) is 19.0. The van der Waals surface area contributed by atoms with Gasteiger partial charge in [0.2, 0.25) is 5.91 Å². The van der Waals surface area contributed by atoms with Crippen molar-refractivity contribution >= 4 is 11.8 Å². The van der Waals surface area contributed by atoms with E-state index in [1.54, 1.807) is 4.68 Å². The van der Waals surface area contributed by atoms with Crippen molar-refractivity contribution in [3.05, 3.63) is 17.5 Å². The Morgan fingerprint density at radius 1 is 1.15 bits per heavy atom. The number of aromatic nitrogens is 2. The Bertz CT molecular complexity index is 706. The fraction of sp³-hybridized carbons (Fsp3) is 0.750. The molecule has 3 fully saturated rings. The third-order valence-corrected chi connectivity index (χ3v) is 6.06. The fourth-order valence-corrected chi connectivity index (χ4v) is 4.50. The fourth-order valence-electron chi connectivity index (χ4n) is 4.50. The molecule has 1 unspecified atom stereocenters. The van der Waals surface area contributed by atoms with Crippen LogP contribution in [0.15, 0.2) is 6.07 Å². The number of hydrogen-bond acceptors (Lipinski definition) is 4. The molecule has 2 amide bonds. The lowest BCUT2D eigenvalue weighted by Gasteiger charge is -2.44. The predicted molar refractivity (Wildman–Crippen MR) is 100 cm³/mol. The normalized spacial score (nSPS) is 24.1. The molecule has 0 N–H and O–H groups in total. The number of carbonyl (C=O) groups is 2. The summed E-state index contributed by atoms with van der Waals surface area (Å²) in [5, 5.41) is 4.30. The SMILES string of the molecule is Cc1cc(C(=O)N2CCCC(N(C(=O)C3CC3)C3CCOCC3)C2)n(C)n1. The van der Waals surface area contributed by atoms with Crippen LogP contribution in [0.4, 0.5) is 0 Å². The lowest BCUT2D eigenvalue weighted by molar-refractivity contribution is -0.141. The molecule has 1 aliphatic carbocycles. The molecule has 0 spiro atoms. The second kappa shape index (κ2) is 7.62. The van der Waals surface area contributed by atoms with E-state index in [-0.39, 0.29) is 23.9 Å². The molecule has 3 aliphatic rings. The van der Waals surface area contributed by atoms with E-state index in [0.717, 1.165) is 64.0 Å². The molecular weight excluding hydrogens is 344 g/mol. The van der Waals surface area contributed by atoms with Gasteiger partial charge in [0.15, 0.2) is 0 Å². The van der Waals surface area contributed by atoms with Crippen LogP contribution in [-0.4, -0.2) is 69.8 Å². The van der Waals surface area contributed by atoms with Gasteiger partial charge in [-0.15, -0.1) is 0 Å². The maximum Gasteiger partial charge on any atom is 0.272 e. The Labute approximate surface area is 160 Å². The number of ether oxygens (including phenoxy) is 1. The summed E-state index contributed by atoms with van der Waals surface area (Å²) in [5.41, 5.74) is 1.47. The van der Waals surface area contributed by atoms with E-state index < -0.39 is 0 Å². The Morgan fingerprint density at radius 2 is 1.89 bits per heavy atom. The molecule has 27 heavy (non-hydrogen) atoms. The monoisotopic (exact) mass is 374 g/mol. The first-order chi connectivity index (χ1) is 13.0. The largest absolute Gasteiger partial charge is 0.381 e. The van der Waals surface area contributed by atoms with Gasteiger partial charge in [-0.2, -0.15) is 5.10 Å². The van der Waals surface area contributed by atoms with Crippen LogP contribution < -0.4 is 0 Å². The number of piperidine rings is 1. The molecule has 1 aromatic heterocycles. The zero-order valence-corrected chi connectivity index (χ0v) is 16.4. The van der Waals surface area contributed by atoms with E-state index in [0.29, 0.717) is 18.1 Å². The summed E-state index contributed by atoms with van der Waals surface area (Å²) in [4.78, 5) is 30.2. The second-order valence-corrected chi connectivity index (χ2v) is 8.21. The van der Waals surface area contributed by atoms with Crippen LogP contribution in [0.3, 0.4) is 0 Å². The van der Waals surface area contributed by atoms with E-state index in [4.69, 9.17) is 4.74 Å². The average molecular weight is 374 g/mol. The lowest BCUT2D eigenvalue weighted by Crippen LogP contribution is -2.56. The van der Waals surface area contributed by atoms with Gasteiger partial charge in [0.1, 0.15) is 5.69 Å². The lowest BCUT2D eigenvalue weighted by atomic mass is 9.97. The third-order valence-electron chi connectivity index (χ3n) is 6.06. The van der Waals surface area contributed by atoms with Crippen molar-refractivity contribution < 1.29 is 14.3 Å². The molecule has 1 saturated carbocycles. The van der Waals surface area contributed by atoms with Crippen LogP contribution in [0, 0.1) is 12.8 Å². The first-order valence-corrected chi connectivity index (χ1v) is 10.2. The summed E-state index contributed by atoms with van der Waals surface area (Å²) in [6.07, 6.45) is 5.76. The van der Waals surface area contributed by atoms with Crippen molar-refractivity contribution in [2.24, 2.45) is 13.0 Å². The highest BCUT2D eigenvalue weighted by atomic mass is 16.5.